The highest BCUT2D eigenvalue weighted by Gasteiger charge is 2.52. The summed E-state index contributed by atoms with van der Waals surface area (Å²) in [6, 6.07) is 40.8. The highest BCUT2D eigenvalue weighted by Crippen LogP contribution is 2.70. The first-order chi connectivity index (χ1) is 18.7. The van der Waals surface area contributed by atoms with Gasteiger partial charge in [0.1, 0.15) is 0 Å². The van der Waals surface area contributed by atoms with Gasteiger partial charge in [-0.3, -0.25) is 0 Å². The van der Waals surface area contributed by atoms with Crippen LogP contribution in [0.3, 0.4) is 0 Å². The molecule has 0 spiro atoms. The van der Waals surface area contributed by atoms with Crippen molar-refractivity contribution >= 4 is 20.4 Å². The molecule has 0 N–H and O–H groups in total. The van der Waals surface area contributed by atoms with E-state index in [-0.39, 0.29) is 0 Å². The summed E-state index contributed by atoms with van der Waals surface area (Å²) in [7, 11) is -9.37. The topological polar surface area (TPSA) is 43.4 Å². The highest BCUT2D eigenvalue weighted by atomic mass is 32.3. The SMILES string of the molecule is O=S(=O)(OS(c1ccccc1)(c1ccc(-c2ccccc2)cc1)c1ccc(-c2ccccc2)cc1)C(F)(F)F. The predicted octanol–water partition coefficient (Wildman–Crippen LogP) is 9.08. The van der Waals surface area contributed by atoms with Gasteiger partial charge >= 0.3 is 15.6 Å². The molecule has 0 saturated carbocycles. The van der Waals surface area contributed by atoms with Crippen LogP contribution in [0, 0.1) is 0 Å². The molecule has 198 valence electrons. The predicted molar refractivity (Wildman–Crippen MR) is 149 cm³/mol. The van der Waals surface area contributed by atoms with Crippen LogP contribution in [-0.4, -0.2) is 13.9 Å². The molecule has 0 radical (unpaired) electrons. The summed E-state index contributed by atoms with van der Waals surface area (Å²) in [5.74, 6) is 0. The van der Waals surface area contributed by atoms with E-state index in [2.05, 4.69) is 0 Å². The fourth-order valence-electron chi connectivity index (χ4n) is 4.25. The third kappa shape index (κ3) is 5.36. The molecule has 0 aliphatic rings. The minimum atomic E-state index is -5.99. The van der Waals surface area contributed by atoms with Gasteiger partial charge < -0.3 is 0 Å². The standard InChI is InChI=1S/C31H23F3O3S2/c32-31(33,34)39(35,36)37-38(28-14-8-3-9-15-28,29-20-16-26(17-21-29)24-10-4-1-5-11-24)30-22-18-27(19-23-30)25-12-6-2-7-13-25/h1-23H. The van der Waals surface area contributed by atoms with Crippen LogP contribution >= 0.6 is 10.3 Å². The number of hydrogen-bond acceptors (Lipinski definition) is 3. The zero-order valence-electron chi connectivity index (χ0n) is 20.5. The van der Waals surface area contributed by atoms with Gasteiger partial charge in [0.15, 0.2) is 0 Å². The molecule has 0 aliphatic carbocycles. The Morgan fingerprint density at radius 1 is 0.436 bits per heavy atom. The lowest BCUT2D eigenvalue weighted by Gasteiger charge is -2.39. The first-order valence-corrected chi connectivity index (χ1v) is 14.9. The van der Waals surface area contributed by atoms with E-state index < -0.39 is 25.9 Å². The van der Waals surface area contributed by atoms with Crippen molar-refractivity contribution < 1.29 is 25.2 Å². The molecule has 5 aromatic carbocycles. The van der Waals surface area contributed by atoms with Gasteiger partial charge in [-0.25, -0.2) is 0 Å². The van der Waals surface area contributed by atoms with Crippen molar-refractivity contribution in [2.45, 2.75) is 20.2 Å². The summed E-state index contributed by atoms with van der Waals surface area (Å²) in [6.07, 6.45) is 0. The second-order valence-electron chi connectivity index (χ2n) is 8.62. The number of halogens is 3. The molecule has 0 amide bonds. The maximum Gasteiger partial charge on any atom is 0.524 e. The summed E-state index contributed by atoms with van der Waals surface area (Å²) < 4.78 is 72.0. The smallest absolute Gasteiger partial charge is 0.200 e. The minimum Gasteiger partial charge on any atom is -0.200 e. The Labute approximate surface area is 227 Å². The van der Waals surface area contributed by atoms with Gasteiger partial charge in [-0.05, 0) is 69.0 Å². The van der Waals surface area contributed by atoms with E-state index in [1.165, 1.54) is 0 Å². The van der Waals surface area contributed by atoms with Crippen molar-refractivity contribution in [1.29, 1.82) is 0 Å². The molecule has 0 heterocycles. The van der Waals surface area contributed by atoms with Crippen LogP contribution in [0.25, 0.3) is 22.3 Å². The Kier molecular flexibility index (Phi) is 7.36. The summed E-state index contributed by atoms with van der Waals surface area (Å²) in [6.45, 7) is 0. The summed E-state index contributed by atoms with van der Waals surface area (Å²) in [5.41, 5.74) is -2.10. The Bertz CT molecular complexity index is 1560. The molecular weight excluding hydrogens is 541 g/mol. The van der Waals surface area contributed by atoms with Crippen molar-refractivity contribution in [3.63, 3.8) is 0 Å². The van der Waals surface area contributed by atoms with Crippen LogP contribution in [0.2, 0.25) is 0 Å². The second-order valence-corrected chi connectivity index (χ2v) is 13.1. The van der Waals surface area contributed by atoms with Crippen molar-refractivity contribution in [2.24, 2.45) is 0 Å². The van der Waals surface area contributed by atoms with E-state index >= 15 is 0 Å². The molecular formula is C31H23F3O3S2. The molecule has 3 nitrogen and oxygen atoms in total. The average Bonchev–Trinajstić information content (AvgIpc) is 2.97. The van der Waals surface area contributed by atoms with E-state index in [4.69, 9.17) is 3.63 Å². The Morgan fingerprint density at radius 3 is 1.10 bits per heavy atom. The van der Waals surface area contributed by atoms with Crippen LogP contribution in [0.15, 0.2) is 154 Å². The lowest BCUT2D eigenvalue weighted by atomic mass is 10.1. The third-order valence-electron chi connectivity index (χ3n) is 6.14. The number of rotatable bonds is 7. The zero-order chi connectivity index (χ0) is 27.5. The summed E-state index contributed by atoms with van der Waals surface area (Å²) in [4.78, 5) is 0.945. The molecule has 0 fully saturated rings. The monoisotopic (exact) mass is 564 g/mol. The number of benzene rings is 5. The molecule has 0 atom stereocenters. The van der Waals surface area contributed by atoms with Gasteiger partial charge in [0.05, 0.1) is 0 Å². The third-order valence-corrected chi connectivity index (χ3v) is 11.0. The molecule has 5 rings (SSSR count). The lowest BCUT2D eigenvalue weighted by molar-refractivity contribution is -0.0496. The fraction of sp³-hybridized carbons (Fsp3) is 0.0323. The largest absolute Gasteiger partial charge is 0.524 e. The van der Waals surface area contributed by atoms with Gasteiger partial charge in [0.2, 0.25) is 0 Å². The fourth-order valence-corrected chi connectivity index (χ4v) is 8.97. The van der Waals surface area contributed by atoms with E-state index in [1.54, 1.807) is 78.9 Å². The normalized spacial score (nSPS) is 12.7. The molecule has 0 aliphatic heterocycles. The van der Waals surface area contributed by atoms with Gasteiger partial charge in [0, 0.05) is 14.7 Å². The molecule has 8 heteroatoms. The first kappa shape index (κ1) is 26.7. The average molecular weight is 565 g/mol. The van der Waals surface area contributed by atoms with Crippen molar-refractivity contribution in [2.75, 3.05) is 0 Å². The van der Waals surface area contributed by atoms with Crippen LogP contribution in [0.4, 0.5) is 13.2 Å². The van der Waals surface area contributed by atoms with Crippen molar-refractivity contribution in [3.8, 4) is 22.3 Å². The van der Waals surface area contributed by atoms with Crippen molar-refractivity contribution in [1.82, 2.24) is 0 Å². The number of alkyl halides is 3. The molecule has 0 unspecified atom stereocenters. The summed E-state index contributed by atoms with van der Waals surface area (Å²) in [5, 5.41) is 0. The van der Waals surface area contributed by atoms with Crippen LogP contribution in [0.5, 0.6) is 0 Å². The number of hydrogen-bond donors (Lipinski definition) is 0. The van der Waals surface area contributed by atoms with Gasteiger partial charge in [-0.15, -0.1) is 0 Å². The molecule has 0 aromatic heterocycles. The second kappa shape index (κ2) is 10.7. The molecule has 0 saturated heterocycles. The van der Waals surface area contributed by atoms with Gasteiger partial charge in [-0.2, -0.15) is 25.2 Å². The Hall–Kier alpha value is -3.85. The van der Waals surface area contributed by atoms with Gasteiger partial charge in [0.25, 0.3) is 0 Å². The minimum absolute atomic E-state index is 0.314. The van der Waals surface area contributed by atoms with Crippen LogP contribution < -0.4 is 0 Å². The lowest BCUT2D eigenvalue weighted by Crippen LogP contribution is -2.27. The maximum absolute atomic E-state index is 13.8. The quantitative estimate of drug-likeness (QED) is 0.185. The molecule has 5 aromatic rings. The Balaban J connectivity index is 1.73. The van der Waals surface area contributed by atoms with Crippen LogP contribution in [-0.2, 0) is 13.7 Å². The maximum atomic E-state index is 13.8. The first-order valence-electron chi connectivity index (χ1n) is 11.9. The molecule has 0 bridgehead atoms. The molecule has 39 heavy (non-hydrogen) atoms. The highest BCUT2D eigenvalue weighted by molar-refractivity contribution is 8.33. The zero-order valence-corrected chi connectivity index (χ0v) is 22.1. The van der Waals surface area contributed by atoms with Crippen LogP contribution in [0.1, 0.15) is 0 Å². The van der Waals surface area contributed by atoms with Gasteiger partial charge in [-0.1, -0.05) is 103 Å². The van der Waals surface area contributed by atoms with E-state index in [1.807, 2.05) is 60.7 Å². The van der Waals surface area contributed by atoms with E-state index in [9.17, 15) is 21.6 Å². The van der Waals surface area contributed by atoms with E-state index in [0.717, 1.165) is 22.3 Å². The van der Waals surface area contributed by atoms with E-state index in [0.29, 0.717) is 14.7 Å². The van der Waals surface area contributed by atoms with Crippen molar-refractivity contribution in [3.05, 3.63) is 140 Å². The Morgan fingerprint density at radius 2 is 0.744 bits per heavy atom. The summed E-state index contributed by atoms with van der Waals surface area (Å²) >= 11 is 0.